The van der Waals surface area contributed by atoms with Gasteiger partial charge in [0.25, 0.3) is 0 Å². The molecule has 0 atom stereocenters. The summed E-state index contributed by atoms with van der Waals surface area (Å²) in [5.74, 6) is 0. The van der Waals surface area contributed by atoms with Crippen molar-refractivity contribution in [1.29, 1.82) is 0 Å². The molecular formula is C18H14Cl12N3Sb. The fraction of sp³-hybridized carbons (Fsp3) is 0.222. The Morgan fingerprint density at radius 1 is 0.706 bits per heavy atom. The minimum absolute atomic E-state index is 0.282. The first-order valence-corrected chi connectivity index (χ1v) is 30.5. The van der Waals surface area contributed by atoms with Crippen LogP contribution in [0, 0.1) is 0 Å². The van der Waals surface area contributed by atoms with Gasteiger partial charge in [-0.25, -0.2) is 0 Å². The summed E-state index contributed by atoms with van der Waals surface area (Å²) in [6, 6.07) is 6.45. The van der Waals surface area contributed by atoms with Gasteiger partial charge < -0.3 is 0 Å². The Morgan fingerprint density at radius 3 is 1.41 bits per heavy atom. The van der Waals surface area contributed by atoms with Crippen molar-refractivity contribution in [2.45, 2.75) is 26.2 Å². The summed E-state index contributed by atoms with van der Waals surface area (Å²) < 4.78 is 3.26. The van der Waals surface area contributed by atoms with Crippen LogP contribution in [0.1, 0.15) is 26.5 Å². The van der Waals surface area contributed by atoms with Gasteiger partial charge in [-0.1, -0.05) is 99.7 Å². The molecule has 0 amide bonds. The van der Waals surface area contributed by atoms with E-state index in [2.05, 4.69) is 5.21 Å². The van der Waals surface area contributed by atoms with Gasteiger partial charge in [0, 0.05) is 15.5 Å². The fourth-order valence-electron chi connectivity index (χ4n) is 2.62. The Morgan fingerprint density at radius 2 is 1.06 bits per heavy atom. The monoisotopic (exact) mass is 813 g/mol. The third kappa shape index (κ3) is 10.2. The molecule has 3 rings (SSSR count). The second-order valence-corrected chi connectivity index (χ2v) is 67.3. The van der Waals surface area contributed by atoms with E-state index in [0.29, 0.717) is 41.5 Å². The Balaban J connectivity index is 0.000000509. The minimum atomic E-state index is -5.42. The molecule has 0 bridgehead atoms. The van der Waals surface area contributed by atoms with E-state index >= 15 is 0 Å². The first-order chi connectivity index (χ1) is 14.9. The zero-order valence-electron chi connectivity index (χ0n) is 17.2. The third-order valence-corrected chi connectivity index (χ3v) is 5.42. The van der Waals surface area contributed by atoms with Crippen LogP contribution in [0.5, 0.6) is 0 Å². The number of hydrogen-bond acceptors (Lipinski definition) is 1. The van der Waals surface area contributed by atoms with Crippen LogP contribution < -0.4 is 4.68 Å². The molecule has 0 aliphatic heterocycles. The number of nitrogens with zero attached hydrogens (tertiary/aromatic N) is 3. The Hall–Kier alpha value is 1.88. The van der Waals surface area contributed by atoms with Crippen LogP contribution in [0.2, 0.25) is 30.1 Å². The molecule has 3 aromatic rings. The van der Waals surface area contributed by atoms with Crippen LogP contribution in [-0.2, 0) is 5.41 Å². The SMILES string of the molecule is CC(C)(C)c1c[n+](-c2c(Cl)cc(Cl)cc2Cl)nn1-c1c(Cl)cc(Cl)cc1Cl.[Cl][Sb-]([Cl])([Cl])([Cl])([Cl])[Cl]. The van der Waals surface area contributed by atoms with Gasteiger partial charge in [0.05, 0.1) is 20.1 Å². The van der Waals surface area contributed by atoms with E-state index in [1.165, 1.54) is 0 Å². The van der Waals surface area contributed by atoms with E-state index in [4.69, 9.17) is 123 Å². The van der Waals surface area contributed by atoms with Crippen molar-refractivity contribution in [2.75, 3.05) is 0 Å². The molecule has 0 radical (unpaired) electrons. The topological polar surface area (TPSA) is 21.7 Å². The molecular weight excluding hydrogens is 805 g/mol. The van der Waals surface area contributed by atoms with E-state index in [-0.39, 0.29) is 5.41 Å². The number of rotatable bonds is 2. The molecule has 190 valence electrons. The zero-order chi connectivity index (χ0) is 26.5. The Labute approximate surface area is 247 Å². The summed E-state index contributed by atoms with van der Waals surface area (Å²) in [7, 11) is 25.0. The molecule has 34 heavy (non-hydrogen) atoms. The number of benzene rings is 2. The van der Waals surface area contributed by atoms with Crippen LogP contribution in [0.25, 0.3) is 11.4 Å². The molecule has 0 aliphatic rings. The summed E-state index contributed by atoms with van der Waals surface area (Å²) in [5, 5.41) is 7.00. The van der Waals surface area contributed by atoms with Gasteiger partial charge in [0.15, 0.2) is 23.3 Å². The standard InChI is InChI=1S/C18H14Cl6N3.6ClH.Sb/c1-18(2,3)15-8-26(16-11(21)4-9(19)5-12(16)22)25-27(15)17-13(23)6-10(20)7-14(17)24;;;;;;;/h4-8H,1-3H3;6*1H;/q+1;;;;;;;+5/p-6. The second kappa shape index (κ2) is 10.5. The molecule has 0 N–H and O–H groups in total. The molecule has 0 aliphatic carbocycles. The van der Waals surface area contributed by atoms with Crippen molar-refractivity contribution >= 4 is 132 Å². The van der Waals surface area contributed by atoms with Crippen LogP contribution in [0.15, 0.2) is 30.5 Å². The van der Waals surface area contributed by atoms with Crippen LogP contribution in [0.3, 0.4) is 0 Å². The van der Waals surface area contributed by atoms with Crippen molar-refractivity contribution in [3.63, 3.8) is 0 Å². The second-order valence-electron chi connectivity index (χ2n) is 7.90. The predicted molar refractivity (Wildman–Crippen MR) is 155 cm³/mol. The van der Waals surface area contributed by atoms with Crippen molar-refractivity contribution in [2.24, 2.45) is 0 Å². The fourth-order valence-corrected chi connectivity index (χ4v) is 4.58. The molecule has 0 saturated carbocycles. The van der Waals surface area contributed by atoms with E-state index in [0.717, 1.165) is 5.69 Å². The molecule has 1 aromatic heterocycles. The van der Waals surface area contributed by atoms with E-state index in [1.807, 2.05) is 27.0 Å². The molecule has 3 nitrogen and oxygen atoms in total. The van der Waals surface area contributed by atoms with Crippen molar-refractivity contribution < 1.29 is 4.68 Å². The van der Waals surface area contributed by atoms with E-state index in [9.17, 15) is 0 Å². The van der Waals surface area contributed by atoms with Gasteiger partial charge in [-0.2, -0.15) is 0 Å². The molecule has 2 aromatic carbocycles. The first-order valence-electron chi connectivity index (χ1n) is 8.83. The maximum atomic E-state index is 6.42. The van der Waals surface area contributed by atoms with Gasteiger partial charge in [-0.3, -0.25) is 0 Å². The van der Waals surface area contributed by atoms with Crippen molar-refractivity contribution in [1.82, 2.24) is 9.90 Å². The van der Waals surface area contributed by atoms with Crippen LogP contribution >= 0.6 is 123 Å². The Kier molecular flexibility index (Phi) is 9.87. The normalized spacial score (nSPS) is 14.2. The molecule has 0 saturated heterocycles. The van der Waals surface area contributed by atoms with E-state index < -0.39 is 9.14 Å². The van der Waals surface area contributed by atoms with Gasteiger partial charge in [-0.15, -0.1) is 0 Å². The molecule has 0 spiro atoms. The predicted octanol–water partition coefficient (Wildman–Crippen LogP) is 11.1. The average molecular weight is 820 g/mol. The number of halogens is 12. The summed E-state index contributed by atoms with van der Waals surface area (Å²) in [5.41, 5.74) is 1.59. The maximum absolute atomic E-state index is 6.42. The third-order valence-electron chi connectivity index (χ3n) is 3.83. The zero-order valence-corrected chi connectivity index (χ0v) is 28.8. The van der Waals surface area contributed by atoms with Gasteiger partial charge in [0.2, 0.25) is 0 Å². The Bertz CT molecular complexity index is 1190. The van der Waals surface area contributed by atoms with Gasteiger partial charge >= 0.3 is 62.1 Å². The summed E-state index contributed by atoms with van der Waals surface area (Å²) in [4.78, 5) is 0. The van der Waals surface area contributed by atoms with Gasteiger partial charge in [0.1, 0.15) is 5.21 Å². The van der Waals surface area contributed by atoms with Crippen molar-refractivity contribution in [3.05, 3.63) is 66.3 Å². The molecule has 0 fully saturated rings. The molecule has 16 heteroatoms. The quantitative estimate of drug-likeness (QED) is 0.186. The first kappa shape index (κ1) is 32.1. The van der Waals surface area contributed by atoms with Crippen LogP contribution in [0.4, 0.5) is 0 Å². The summed E-state index contributed by atoms with van der Waals surface area (Å²) in [6.45, 7) is 6.15. The molecule has 1 heterocycles. The number of hydrogen-bond donors (Lipinski definition) is 0. The van der Waals surface area contributed by atoms with E-state index in [1.54, 1.807) is 33.6 Å². The van der Waals surface area contributed by atoms with Crippen molar-refractivity contribution in [3.8, 4) is 11.4 Å². The van der Waals surface area contributed by atoms with Crippen LogP contribution in [-0.4, -0.2) is 19.0 Å². The number of aromatic nitrogens is 3. The van der Waals surface area contributed by atoms with Gasteiger partial charge in [-0.05, 0) is 24.3 Å². The molecule has 0 unspecified atom stereocenters. The summed E-state index contributed by atoms with van der Waals surface area (Å²) in [6.07, 6.45) is 1.84. The average Bonchev–Trinajstić information content (AvgIpc) is 2.94. The summed E-state index contributed by atoms with van der Waals surface area (Å²) >= 11 is 37.6.